The molecule has 5 nitrogen and oxygen atoms in total. The van der Waals surface area contributed by atoms with E-state index in [2.05, 4.69) is 0 Å². The normalized spacial score (nSPS) is 31.5. The molecule has 1 spiro atoms. The monoisotopic (exact) mass is 242 g/mol. The Hall–Kier alpha value is -0.940. The van der Waals surface area contributed by atoms with Crippen molar-refractivity contribution < 1.29 is 24.2 Å². The summed E-state index contributed by atoms with van der Waals surface area (Å²) in [6.07, 6.45) is 4.79. The summed E-state index contributed by atoms with van der Waals surface area (Å²) in [7, 11) is 0. The van der Waals surface area contributed by atoms with E-state index < -0.39 is 11.8 Å². The third-order valence-corrected chi connectivity index (χ3v) is 3.42. The molecular weight excluding hydrogens is 224 g/mol. The molecule has 2 rings (SSSR count). The standard InChI is InChI=1S/C12H18O5/c13-6-3-9-7-10(8-11(14)15)17-12(16-9)4-1-2-5-12/h6,9-10H,1-5,7-8H2,(H,14,15)/t9-,10-/m1/s1. The first kappa shape index (κ1) is 12.5. The van der Waals surface area contributed by atoms with Crippen LogP contribution in [0.5, 0.6) is 0 Å². The zero-order valence-electron chi connectivity index (χ0n) is 9.76. The van der Waals surface area contributed by atoms with Gasteiger partial charge in [0.15, 0.2) is 5.79 Å². The Balaban J connectivity index is 2.03. The maximum atomic E-state index is 10.7. The molecule has 0 amide bonds. The molecule has 17 heavy (non-hydrogen) atoms. The van der Waals surface area contributed by atoms with Crippen LogP contribution < -0.4 is 0 Å². The Morgan fingerprint density at radius 1 is 1.29 bits per heavy atom. The van der Waals surface area contributed by atoms with Gasteiger partial charge in [-0.1, -0.05) is 0 Å². The molecule has 5 heteroatoms. The number of carboxylic acids is 1. The van der Waals surface area contributed by atoms with E-state index in [9.17, 15) is 9.59 Å². The Morgan fingerprint density at radius 3 is 2.53 bits per heavy atom. The fourth-order valence-corrected chi connectivity index (χ4v) is 2.75. The minimum absolute atomic E-state index is 0.0134. The quantitative estimate of drug-likeness (QED) is 0.756. The van der Waals surface area contributed by atoms with Crippen LogP contribution in [0.25, 0.3) is 0 Å². The van der Waals surface area contributed by atoms with Gasteiger partial charge in [0.25, 0.3) is 0 Å². The molecule has 0 aromatic rings. The molecular formula is C12H18O5. The molecule has 0 unspecified atom stereocenters. The zero-order chi connectivity index (χ0) is 12.3. The van der Waals surface area contributed by atoms with Gasteiger partial charge in [-0.3, -0.25) is 4.79 Å². The van der Waals surface area contributed by atoms with Crippen molar-refractivity contribution in [3.05, 3.63) is 0 Å². The van der Waals surface area contributed by atoms with Crippen LogP contribution in [0.4, 0.5) is 0 Å². The first-order chi connectivity index (χ1) is 8.13. The number of rotatable bonds is 4. The highest BCUT2D eigenvalue weighted by molar-refractivity contribution is 5.67. The van der Waals surface area contributed by atoms with Gasteiger partial charge >= 0.3 is 5.97 Å². The fourth-order valence-electron chi connectivity index (χ4n) is 2.75. The van der Waals surface area contributed by atoms with E-state index in [1.165, 1.54) is 0 Å². The molecule has 0 aromatic carbocycles. The van der Waals surface area contributed by atoms with Crippen molar-refractivity contribution in [2.24, 2.45) is 0 Å². The highest BCUT2D eigenvalue weighted by Gasteiger charge is 2.44. The summed E-state index contributed by atoms with van der Waals surface area (Å²) in [6, 6.07) is 0. The van der Waals surface area contributed by atoms with E-state index in [4.69, 9.17) is 14.6 Å². The SMILES string of the molecule is O=CC[C@@H]1C[C@H](CC(=O)O)OC2(CCCC2)O1. The van der Waals surface area contributed by atoms with E-state index in [1.54, 1.807) is 0 Å². The van der Waals surface area contributed by atoms with Gasteiger partial charge in [-0.15, -0.1) is 0 Å². The fraction of sp³-hybridized carbons (Fsp3) is 0.833. The Labute approximate surface area is 100 Å². The first-order valence-electron chi connectivity index (χ1n) is 6.14. The lowest BCUT2D eigenvalue weighted by Crippen LogP contribution is -2.47. The molecule has 1 N–H and O–H groups in total. The summed E-state index contributed by atoms with van der Waals surface area (Å²) in [4.78, 5) is 21.3. The molecule has 0 radical (unpaired) electrons. The number of carbonyl (C=O) groups is 2. The Morgan fingerprint density at radius 2 is 1.94 bits per heavy atom. The van der Waals surface area contributed by atoms with Crippen molar-refractivity contribution in [3.8, 4) is 0 Å². The van der Waals surface area contributed by atoms with Crippen LogP contribution in [0.1, 0.15) is 44.9 Å². The zero-order valence-corrected chi connectivity index (χ0v) is 9.76. The van der Waals surface area contributed by atoms with Gasteiger partial charge in [0.1, 0.15) is 6.29 Å². The topological polar surface area (TPSA) is 72.8 Å². The van der Waals surface area contributed by atoms with E-state index in [0.717, 1.165) is 32.0 Å². The second-order valence-corrected chi connectivity index (χ2v) is 4.83. The summed E-state index contributed by atoms with van der Waals surface area (Å²) >= 11 is 0. The highest BCUT2D eigenvalue weighted by atomic mass is 16.7. The molecule has 1 saturated heterocycles. The summed E-state index contributed by atoms with van der Waals surface area (Å²) in [6.45, 7) is 0. The molecule has 96 valence electrons. The van der Waals surface area contributed by atoms with Gasteiger partial charge in [0.2, 0.25) is 0 Å². The molecule has 1 heterocycles. The van der Waals surface area contributed by atoms with E-state index in [-0.39, 0.29) is 18.6 Å². The molecule has 1 aliphatic heterocycles. The number of ether oxygens (including phenoxy) is 2. The minimum atomic E-state index is -0.866. The van der Waals surface area contributed by atoms with Crippen LogP contribution in [-0.4, -0.2) is 35.4 Å². The predicted octanol–water partition coefficient (Wildman–Crippen LogP) is 1.49. The summed E-state index contributed by atoms with van der Waals surface area (Å²) < 4.78 is 11.6. The Bertz CT molecular complexity index is 295. The Kier molecular flexibility index (Phi) is 3.79. The summed E-state index contributed by atoms with van der Waals surface area (Å²) in [5, 5.41) is 8.82. The number of carboxylic acid groups (broad SMARTS) is 1. The van der Waals surface area contributed by atoms with Crippen LogP contribution >= 0.6 is 0 Å². The van der Waals surface area contributed by atoms with Gasteiger partial charge in [0, 0.05) is 25.7 Å². The number of aliphatic carboxylic acids is 1. The van der Waals surface area contributed by atoms with Crippen molar-refractivity contribution in [2.45, 2.75) is 62.9 Å². The predicted molar refractivity (Wildman–Crippen MR) is 58.5 cm³/mol. The summed E-state index contributed by atoms with van der Waals surface area (Å²) in [5.41, 5.74) is 0. The van der Waals surface area contributed by atoms with Crippen LogP contribution in [0.2, 0.25) is 0 Å². The second kappa shape index (κ2) is 5.14. The van der Waals surface area contributed by atoms with Gasteiger partial charge in [-0.2, -0.15) is 0 Å². The van der Waals surface area contributed by atoms with Crippen molar-refractivity contribution in [3.63, 3.8) is 0 Å². The lowest BCUT2D eigenvalue weighted by atomic mass is 10.0. The highest BCUT2D eigenvalue weighted by Crippen LogP contribution is 2.41. The van der Waals surface area contributed by atoms with E-state index in [1.807, 2.05) is 0 Å². The maximum absolute atomic E-state index is 10.7. The molecule has 2 fully saturated rings. The van der Waals surface area contributed by atoms with Crippen molar-refractivity contribution >= 4 is 12.3 Å². The first-order valence-corrected chi connectivity index (χ1v) is 6.14. The van der Waals surface area contributed by atoms with Crippen LogP contribution in [-0.2, 0) is 19.1 Å². The number of hydrogen-bond donors (Lipinski definition) is 1. The average molecular weight is 242 g/mol. The third kappa shape index (κ3) is 3.04. The lowest BCUT2D eigenvalue weighted by Gasteiger charge is -2.42. The average Bonchev–Trinajstić information content (AvgIpc) is 2.64. The van der Waals surface area contributed by atoms with Crippen molar-refractivity contribution in [2.75, 3.05) is 0 Å². The van der Waals surface area contributed by atoms with Crippen molar-refractivity contribution in [1.82, 2.24) is 0 Å². The summed E-state index contributed by atoms with van der Waals surface area (Å²) in [5.74, 6) is -1.48. The van der Waals surface area contributed by atoms with Crippen LogP contribution in [0.15, 0.2) is 0 Å². The van der Waals surface area contributed by atoms with Gasteiger partial charge < -0.3 is 19.4 Å². The molecule has 0 bridgehead atoms. The van der Waals surface area contributed by atoms with Gasteiger partial charge in [-0.25, -0.2) is 0 Å². The number of aldehydes is 1. The largest absolute Gasteiger partial charge is 0.481 e. The lowest BCUT2D eigenvalue weighted by molar-refractivity contribution is -0.313. The maximum Gasteiger partial charge on any atom is 0.305 e. The van der Waals surface area contributed by atoms with E-state index in [0.29, 0.717) is 12.8 Å². The minimum Gasteiger partial charge on any atom is -0.481 e. The second-order valence-electron chi connectivity index (χ2n) is 4.83. The van der Waals surface area contributed by atoms with Gasteiger partial charge in [-0.05, 0) is 12.8 Å². The smallest absolute Gasteiger partial charge is 0.305 e. The number of carbonyl (C=O) groups excluding carboxylic acids is 1. The molecule has 2 atom stereocenters. The van der Waals surface area contributed by atoms with Gasteiger partial charge in [0.05, 0.1) is 18.6 Å². The van der Waals surface area contributed by atoms with Crippen LogP contribution in [0, 0.1) is 0 Å². The molecule has 1 saturated carbocycles. The van der Waals surface area contributed by atoms with Crippen molar-refractivity contribution in [1.29, 1.82) is 0 Å². The molecule has 0 aromatic heterocycles. The third-order valence-electron chi connectivity index (χ3n) is 3.42. The van der Waals surface area contributed by atoms with E-state index >= 15 is 0 Å². The van der Waals surface area contributed by atoms with Crippen LogP contribution in [0.3, 0.4) is 0 Å². The molecule has 1 aliphatic carbocycles. The number of hydrogen-bond acceptors (Lipinski definition) is 4. The molecule has 2 aliphatic rings.